The topological polar surface area (TPSA) is 57.4 Å². The molecule has 0 atom stereocenters. The first-order valence-corrected chi connectivity index (χ1v) is 9.24. The maximum absolute atomic E-state index is 9.67. The van der Waals surface area contributed by atoms with Crippen LogP contribution >= 0.6 is 22.6 Å². The number of aryl methyl sites for hydroxylation is 1. The molecule has 0 spiro atoms. The number of allylic oxidation sites excluding steroid dienone is 1. The Kier molecular flexibility index (Phi) is 4.35. The SMILES string of the molecule is Cc1ccc2nc(C(C#N)=Cc3cccn3-c3ccc(I)cc3)[nH]c2c1. The summed E-state index contributed by atoms with van der Waals surface area (Å²) >= 11 is 2.29. The molecule has 126 valence electrons. The maximum Gasteiger partial charge on any atom is 0.149 e. The molecular weight excluding hydrogens is 435 g/mol. The highest BCUT2D eigenvalue weighted by atomic mass is 127. The van der Waals surface area contributed by atoms with Gasteiger partial charge in [-0.05, 0) is 89.7 Å². The Morgan fingerprint density at radius 1 is 1.19 bits per heavy atom. The standard InChI is InChI=1S/C21H15IN4/c1-14-4-9-19-20(11-14)25-21(24-19)15(13-23)12-18-3-2-10-26(18)17-7-5-16(22)6-8-17/h2-12H,1H3,(H,24,25). The van der Waals surface area contributed by atoms with E-state index in [1.165, 1.54) is 3.57 Å². The van der Waals surface area contributed by atoms with Crippen LogP contribution in [0.2, 0.25) is 0 Å². The highest BCUT2D eigenvalue weighted by Crippen LogP contribution is 2.22. The summed E-state index contributed by atoms with van der Waals surface area (Å²) in [5, 5.41) is 9.67. The van der Waals surface area contributed by atoms with Gasteiger partial charge in [0.2, 0.25) is 0 Å². The summed E-state index contributed by atoms with van der Waals surface area (Å²) in [5.74, 6) is 0.587. The van der Waals surface area contributed by atoms with Crippen LogP contribution in [0.5, 0.6) is 0 Å². The monoisotopic (exact) mass is 450 g/mol. The van der Waals surface area contributed by atoms with Crippen LogP contribution in [0, 0.1) is 21.8 Å². The van der Waals surface area contributed by atoms with E-state index in [-0.39, 0.29) is 0 Å². The van der Waals surface area contributed by atoms with Gasteiger partial charge in [-0.25, -0.2) is 4.98 Å². The molecule has 4 rings (SSSR count). The van der Waals surface area contributed by atoms with Crippen molar-refractivity contribution in [2.75, 3.05) is 0 Å². The van der Waals surface area contributed by atoms with Gasteiger partial charge in [-0.1, -0.05) is 6.07 Å². The van der Waals surface area contributed by atoms with Gasteiger partial charge in [0.1, 0.15) is 11.9 Å². The van der Waals surface area contributed by atoms with E-state index in [0.717, 1.165) is 28.0 Å². The molecule has 4 aromatic rings. The number of fused-ring (bicyclic) bond motifs is 1. The number of hydrogen-bond acceptors (Lipinski definition) is 2. The van der Waals surface area contributed by atoms with Crippen molar-refractivity contribution in [1.82, 2.24) is 14.5 Å². The molecule has 4 nitrogen and oxygen atoms in total. The summed E-state index contributed by atoms with van der Waals surface area (Å²) in [6.45, 7) is 2.04. The molecule has 0 fully saturated rings. The normalized spacial score (nSPS) is 11.7. The van der Waals surface area contributed by atoms with Crippen LogP contribution in [-0.2, 0) is 0 Å². The minimum Gasteiger partial charge on any atom is -0.337 e. The minimum atomic E-state index is 0.504. The van der Waals surface area contributed by atoms with Gasteiger partial charge in [0.25, 0.3) is 0 Å². The quantitative estimate of drug-likeness (QED) is 0.339. The van der Waals surface area contributed by atoms with Crippen LogP contribution < -0.4 is 0 Å². The molecule has 0 aliphatic heterocycles. The molecular formula is C21H15IN4. The summed E-state index contributed by atoms with van der Waals surface area (Å²) < 4.78 is 3.24. The smallest absolute Gasteiger partial charge is 0.149 e. The number of nitrogens with one attached hydrogen (secondary N) is 1. The number of halogens is 1. The number of rotatable bonds is 3. The lowest BCUT2D eigenvalue weighted by Crippen LogP contribution is -1.95. The Labute approximate surface area is 164 Å². The van der Waals surface area contributed by atoms with E-state index in [2.05, 4.69) is 67.5 Å². The minimum absolute atomic E-state index is 0.504. The zero-order valence-electron chi connectivity index (χ0n) is 14.1. The van der Waals surface area contributed by atoms with Gasteiger partial charge in [0.15, 0.2) is 0 Å². The van der Waals surface area contributed by atoms with Crippen LogP contribution in [0.3, 0.4) is 0 Å². The lowest BCUT2D eigenvalue weighted by molar-refractivity contribution is 1.06. The molecule has 5 heteroatoms. The van der Waals surface area contributed by atoms with Crippen molar-refractivity contribution in [3.8, 4) is 11.8 Å². The van der Waals surface area contributed by atoms with Crippen molar-refractivity contribution in [2.45, 2.75) is 6.92 Å². The number of aromatic nitrogens is 3. The van der Waals surface area contributed by atoms with E-state index in [4.69, 9.17) is 0 Å². The number of nitrogens with zero attached hydrogens (tertiary/aromatic N) is 3. The van der Waals surface area contributed by atoms with Crippen molar-refractivity contribution in [3.05, 3.63) is 81.4 Å². The van der Waals surface area contributed by atoms with Gasteiger partial charge in [0.05, 0.1) is 16.6 Å². The molecule has 0 saturated heterocycles. The van der Waals surface area contributed by atoms with Gasteiger partial charge in [0, 0.05) is 21.1 Å². The fraction of sp³-hybridized carbons (Fsp3) is 0.0476. The fourth-order valence-corrected chi connectivity index (χ4v) is 3.26. The van der Waals surface area contributed by atoms with E-state index >= 15 is 0 Å². The van der Waals surface area contributed by atoms with Gasteiger partial charge >= 0.3 is 0 Å². The third kappa shape index (κ3) is 3.16. The Bertz CT molecular complexity index is 1160. The molecule has 0 saturated carbocycles. The van der Waals surface area contributed by atoms with Crippen molar-refractivity contribution in [3.63, 3.8) is 0 Å². The molecule has 2 aromatic heterocycles. The van der Waals surface area contributed by atoms with E-state index < -0.39 is 0 Å². The maximum atomic E-state index is 9.67. The predicted molar refractivity (Wildman–Crippen MR) is 113 cm³/mol. The molecule has 2 heterocycles. The number of aromatic amines is 1. The van der Waals surface area contributed by atoms with Crippen LogP contribution in [0.15, 0.2) is 60.8 Å². The summed E-state index contributed by atoms with van der Waals surface area (Å²) in [5.41, 5.74) is 5.44. The van der Waals surface area contributed by atoms with Gasteiger partial charge in [-0.2, -0.15) is 5.26 Å². The largest absolute Gasteiger partial charge is 0.337 e. The van der Waals surface area contributed by atoms with E-state index in [9.17, 15) is 5.26 Å². The van der Waals surface area contributed by atoms with Crippen molar-refractivity contribution < 1.29 is 0 Å². The zero-order chi connectivity index (χ0) is 18.1. The second-order valence-corrected chi connectivity index (χ2v) is 7.30. The highest BCUT2D eigenvalue weighted by molar-refractivity contribution is 14.1. The number of nitriles is 1. The molecule has 0 aliphatic rings. The van der Waals surface area contributed by atoms with Gasteiger partial charge in [-0.15, -0.1) is 0 Å². The molecule has 2 aromatic carbocycles. The number of imidazole rings is 1. The molecule has 0 unspecified atom stereocenters. The van der Waals surface area contributed by atoms with Crippen LogP contribution in [0.4, 0.5) is 0 Å². The third-order valence-electron chi connectivity index (χ3n) is 4.19. The number of benzene rings is 2. The van der Waals surface area contributed by atoms with Crippen LogP contribution in [0.25, 0.3) is 28.4 Å². The first kappa shape index (κ1) is 16.6. The average Bonchev–Trinajstić information content (AvgIpc) is 3.26. The summed E-state index contributed by atoms with van der Waals surface area (Å²) in [6.07, 6.45) is 3.85. The summed E-state index contributed by atoms with van der Waals surface area (Å²) in [4.78, 5) is 7.82. The number of hydrogen-bond donors (Lipinski definition) is 1. The highest BCUT2D eigenvalue weighted by Gasteiger charge is 2.10. The Morgan fingerprint density at radius 3 is 2.77 bits per heavy atom. The fourth-order valence-electron chi connectivity index (χ4n) is 2.90. The lowest BCUT2D eigenvalue weighted by atomic mass is 10.2. The summed E-state index contributed by atoms with van der Waals surface area (Å²) in [7, 11) is 0. The third-order valence-corrected chi connectivity index (χ3v) is 4.91. The average molecular weight is 450 g/mol. The lowest BCUT2D eigenvalue weighted by Gasteiger charge is -2.07. The van der Waals surface area contributed by atoms with Gasteiger partial charge < -0.3 is 9.55 Å². The van der Waals surface area contributed by atoms with E-state index in [1.54, 1.807) is 0 Å². The van der Waals surface area contributed by atoms with Crippen LogP contribution in [0.1, 0.15) is 17.1 Å². The molecule has 0 bridgehead atoms. The Morgan fingerprint density at radius 2 is 2.00 bits per heavy atom. The predicted octanol–water partition coefficient (Wildman–Crippen LogP) is 5.33. The van der Waals surface area contributed by atoms with Gasteiger partial charge in [-0.3, -0.25) is 0 Å². The Balaban J connectivity index is 1.77. The van der Waals surface area contributed by atoms with E-state index in [0.29, 0.717) is 11.4 Å². The van der Waals surface area contributed by atoms with Crippen molar-refractivity contribution in [2.24, 2.45) is 0 Å². The summed E-state index contributed by atoms with van der Waals surface area (Å²) in [6, 6.07) is 20.5. The second kappa shape index (κ2) is 6.81. The molecule has 1 N–H and O–H groups in total. The first-order chi connectivity index (χ1) is 12.6. The molecule has 0 aliphatic carbocycles. The van der Waals surface area contributed by atoms with Crippen molar-refractivity contribution in [1.29, 1.82) is 5.26 Å². The Hall–Kier alpha value is -2.85. The van der Waals surface area contributed by atoms with Crippen molar-refractivity contribution >= 4 is 45.3 Å². The molecule has 26 heavy (non-hydrogen) atoms. The zero-order valence-corrected chi connectivity index (χ0v) is 16.2. The molecule has 0 radical (unpaired) electrons. The van der Waals surface area contributed by atoms with Crippen LogP contribution in [-0.4, -0.2) is 14.5 Å². The first-order valence-electron chi connectivity index (χ1n) is 8.16. The van der Waals surface area contributed by atoms with E-state index in [1.807, 2.05) is 49.5 Å². The second-order valence-electron chi connectivity index (χ2n) is 6.06. The number of H-pyrrole nitrogens is 1. The molecule has 0 amide bonds.